The van der Waals surface area contributed by atoms with Crippen LogP contribution in [-0.2, 0) is 16.4 Å². The van der Waals surface area contributed by atoms with Crippen LogP contribution in [0.2, 0.25) is 0 Å². The molecule has 1 amide bonds. The molecule has 1 saturated carbocycles. The average molecular weight is 429 g/mol. The number of carbonyl (C=O) groups excluding carboxylic acids is 1. The Morgan fingerprint density at radius 2 is 1.77 bits per heavy atom. The summed E-state index contributed by atoms with van der Waals surface area (Å²) in [6.07, 6.45) is 6.95. The Morgan fingerprint density at radius 1 is 1.07 bits per heavy atom. The molecule has 0 spiro atoms. The van der Waals surface area contributed by atoms with Gasteiger partial charge in [-0.25, -0.2) is 13.1 Å². The van der Waals surface area contributed by atoms with E-state index in [9.17, 15) is 13.2 Å². The first-order valence-corrected chi connectivity index (χ1v) is 12.3. The minimum Gasteiger partial charge on any atom is -0.349 e. The van der Waals surface area contributed by atoms with E-state index in [1.54, 1.807) is 12.1 Å². The van der Waals surface area contributed by atoms with Crippen molar-refractivity contribution in [2.45, 2.75) is 75.8 Å². The summed E-state index contributed by atoms with van der Waals surface area (Å²) in [5.41, 5.74) is 2.39. The van der Waals surface area contributed by atoms with E-state index in [1.165, 1.54) is 18.1 Å². The molecule has 1 aliphatic carbocycles. The zero-order valence-corrected chi connectivity index (χ0v) is 18.7. The third-order valence-corrected chi connectivity index (χ3v) is 7.36. The number of rotatable bonds is 8. The third-order valence-electron chi connectivity index (χ3n) is 5.77. The van der Waals surface area contributed by atoms with Gasteiger partial charge in [0.05, 0.1) is 4.90 Å². The normalized spacial score (nSPS) is 16.2. The molecule has 3 rings (SSSR count). The Labute approximate surface area is 180 Å². The Balaban J connectivity index is 1.66. The number of amides is 1. The maximum Gasteiger partial charge on any atom is 0.251 e. The topological polar surface area (TPSA) is 75.3 Å². The highest BCUT2D eigenvalue weighted by Gasteiger charge is 2.22. The maximum atomic E-state index is 12.9. The highest BCUT2D eigenvalue weighted by Crippen LogP contribution is 2.20. The Morgan fingerprint density at radius 3 is 2.47 bits per heavy atom. The van der Waals surface area contributed by atoms with Gasteiger partial charge >= 0.3 is 0 Å². The van der Waals surface area contributed by atoms with Gasteiger partial charge in [0.25, 0.3) is 5.91 Å². The molecule has 30 heavy (non-hydrogen) atoms. The van der Waals surface area contributed by atoms with Crippen LogP contribution in [0, 0.1) is 6.92 Å². The second kappa shape index (κ2) is 10.2. The smallest absolute Gasteiger partial charge is 0.251 e. The fourth-order valence-corrected chi connectivity index (χ4v) is 5.25. The second-order valence-electron chi connectivity index (χ2n) is 8.33. The van der Waals surface area contributed by atoms with Crippen LogP contribution in [0.4, 0.5) is 0 Å². The molecule has 0 saturated heterocycles. The number of hydrogen-bond donors (Lipinski definition) is 2. The highest BCUT2D eigenvalue weighted by atomic mass is 32.2. The van der Waals surface area contributed by atoms with Crippen LogP contribution < -0.4 is 10.0 Å². The van der Waals surface area contributed by atoms with Crippen molar-refractivity contribution in [3.8, 4) is 0 Å². The molecule has 0 aliphatic heterocycles. The molecule has 2 aromatic rings. The van der Waals surface area contributed by atoms with Crippen molar-refractivity contribution in [1.29, 1.82) is 0 Å². The number of sulfonamides is 1. The summed E-state index contributed by atoms with van der Waals surface area (Å²) in [6.45, 7) is 3.70. The van der Waals surface area contributed by atoms with Crippen LogP contribution in [0.3, 0.4) is 0 Å². The van der Waals surface area contributed by atoms with Crippen molar-refractivity contribution in [3.63, 3.8) is 0 Å². The van der Waals surface area contributed by atoms with E-state index in [2.05, 4.69) is 10.0 Å². The van der Waals surface area contributed by atoms with E-state index >= 15 is 0 Å². The van der Waals surface area contributed by atoms with Crippen molar-refractivity contribution in [3.05, 3.63) is 65.2 Å². The van der Waals surface area contributed by atoms with Crippen LogP contribution in [0.5, 0.6) is 0 Å². The lowest BCUT2D eigenvalue weighted by molar-refractivity contribution is 0.0927. The molecule has 5 nitrogen and oxygen atoms in total. The fourth-order valence-electron chi connectivity index (χ4n) is 3.94. The lowest BCUT2D eigenvalue weighted by Crippen LogP contribution is -2.37. The Kier molecular flexibility index (Phi) is 7.67. The minimum absolute atomic E-state index is 0.133. The quantitative estimate of drug-likeness (QED) is 0.656. The number of nitrogens with one attached hydrogen (secondary N) is 2. The first-order chi connectivity index (χ1) is 14.3. The largest absolute Gasteiger partial charge is 0.349 e. The van der Waals surface area contributed by atoms with E-state index in [1.807, 2.05) is 44.2 Å². The molecule has 2 aromatic carbocycles. The molecule has 2 N–H and O–H groups in total. The van der Waals surface area contributed by atoms with E-state index < -0.39 is 10.0 Å². The summed E-state index contributed by atoms with van der Waals surface area (Å²) < 4.78 is 28.5. The van der Waals surface area contributed by atoms with Crippen LogP contribution in [0.15, 0.2) is 53.4 Å². The lowest BCUT2D eigenvalue weighted by atomic mass is 9.95. The SMILES string of the molecule is Cc1ccc(S(=O)(=O)N[C@@H](C)CCc2ccccc2)cc1C(=O)NC1CCCCC1. The summed E-state index contributed by atoms with van der Waals surface area (Å²) in [5.74, 6) is -0.187. The van der Waals surface area contributed by atoms with Gasteiger partial charge < -0.3 is 5.32 Å². The van der Waals surface area contributed by atoms with E-state index in [4.69, 9.17) is 0 Å². The Bertz CT molecular complexity index is 952. The summed E-state index contributed by atoms with van der Waals surface area (Å²) in [5, 5.41) is 3.08. The first-order valence-electron chi connectivity index (χ1n) is 10.8. The van der Waals surface area contributed by atoms with Gasteiger partial charge in [0.2, 0.25) is 10.0 Å². The van der Waals surface area contributed by atoms with E-state index in [0.29, 0.717) is 12.0 Å². The zero-order chi connectivity index (χ0) is 21.6. The molecule has 1 atom stereocenters. The van der Waals surface area contributed by atoms with Crippen LogP contribution in [0.25, 0.3) is 0 Å². The third kappa shape index (κ3) is 6.16. The molecule has 6 heteroatoms. The summed E-state index contributed by atoms with van der Waals surface area (Å²) in [6, 6.07) is 14.8. The van der Waals surface area contributed by atoms with Gasteiger partial charge in [-0.05, 0) is 62.8 Å². The monoisotopic (exact) mass is 428 g/mol. The zero-order valence-electron chi connectivity index (χ0n) is 17.9. The molecule has 1 aliphatic rings. The van der Waals surface area contributed by atoms with Crippen LogP contribution >= 0.6 is 0 Å². The molecule has 0 aromatic heterocycles. The molecular weight excluding hydrogens is 396 g/mol. The van der Waals surface area contributed by atoms with Gasteiger partial charge in [-0.2, -0.15) is 0 Å². The van der Waals surface area contributed by atoms with Crippen molar-refractivity contribution < 1.29 is 13.2 Å². The highest BCUT2D eigenvalue weighted by molar-refractivity contribution is 7.89. The molecule has 0 unspecified atom stereocenters. The van der Waals surface area contributed by atoms with Gasteiger partial charge in [-0.3, -0.25) is 4.79 Å². The van der Waals surface area contributed by atoms with Crippen molar-refractivity contribution >= 4 is 15.9 Å². The van der Waals surface area contributed by atoms with Crippen molar-refractivity contribution in [2.24, 2.45) is 0 Å². The lowest BCUT2D eigenvalue weighted by Gasteiger charge is -2.23. The van der Waals surface area contributed by atoms with Gasteiger partial charge in [0, 0.05) is 17.6 Å². The van der Waals surface area contributed by atoms with E-state index in [-0.39, 0.29) is 22.9 Å². The number of benzene rings is 2. The van der Waals surface area contributed by atoms with E-state index in [0.717, 1.165) is 37.7 Å². The predicted molar refractivity (Wildman–Crippen MR) is 120 cm³/mol. The summed E-state index contributed by atoms with van der Waals surface area (Å²) >= 11 is 0. The Hall–Kier alpha value is -2.18. The number of carbonyl (C=O) groups is 1. The average Bonchev–Trinajstić information content (AvgIpc) is 2.73. The van der Waals surface area contributed by atoms with Crippen molar-refractivity contribution in [1.82, 2.24) is 10.0 Å². The molecular formula is C24H32N2O3S. The number of aryl methyl sites for hydroxylation is 2. The molecule has 0 bridgehead atoms. The molecule has 0 radical (unpaired) electrons. The standard InChI is InChI=1S/C24H32N2O3S/c1-18-13-16-22(17-23(18)24(27)25-21-11-7-4-8-12-21)30(28,29)26-19(2)14-15-20-9-5-3-6-10-20/h3,5-6,9-10,13,16-17,19,21,26H,4,7-8,11-12,14-15H2,1-2H3,(H,25,27)/t19-/m0/s1. The molecule has 162 valence electrons. The maximum absolute atomic E-state index is 12.9. The fraction of sp³-hybridized carbons (Fsp3) is 0.458. The van der Waals surface area contributed by atoms with Gasteiger partial charge in [-0.1, -0.05) is 55.7 Å². The van der Waals surface area contributed by atoms with Crippen molar-refractivity contribution in [2.75, 3.05) is 0 Å². The van der Waals surface area contributed by atoms with Gasteiger partial charge in [0.1, 0.15) is 0 Å². The minimum atomic E-state index is -3.70. The van der Waals surface area contributed by atoms with Crippen LogP contribution in [0.1, 0.15) is 66.9 Å². The summed E-state index contributed by atoms with van der Waals surface area (Å²) in [4.78, 5) is 12.9. The predicted octanol–water partition coefficient (Wildman–Crippen LogP) is 4.36. The number of hydrogen-bond acceptors (Lipinski definition) is 3. The molecule has 1 fully saturated rings. The summed E-state index contributed by atoms with van der Waals surface area (Å²) in [7, 11) is -3.70. The second-order valence-corrected chi connectivity index (χ2v) is 10.0. The molecule has 0 heterocycles. The van der Waals surface area contributed by atoms with Gasteiger partial charge in [-0.15, -0.1) is 0 Å². The van der Waals surface area contributed by atoms with Crippen LogP contribution in [-0.4, -0.2) is 26.4 Å². The first kappa shape index (κ1) is 22.5. The van der Waals surface area contributed by atoms with Gasteiger partial charge in [0.15, 0.2) is 0 Å².